The summed E-state index contributed by atoms with van der Waals surface area (Å²) in [4.78, 5) is 26.5. The summed E-state index contributed by atoms with van der Waals surface area (Å²) in [7, 11) is 0. The summed E-state index contributed by atoms with van der Waals surface area (Å²) >= 11 is 1.29. The third-order valence-corrected chi connectivity index (χ3v) is 6.24. The van der Waals surface area contributed by atoms with Gasteiger partial charge in [0.05, 0.1) is 12.1 Å². The lowest BCUT2D eigenvalue weighted by molar-refractivity contribution is -0.128. The highest BCUT2D eigenvalue weighted by atomic mass is 32.1. The van der Waals surface area contributed by atoms with Crippen molar-refractivity contribution in [1.29, 1.82) is 0 Å². The zero-order valence-corrected chi connectivity index (χ0v) is 18.1. The van der Waals surface area contributed by atoms with E-state index >= 15 is 0 Å². The number of hydrogen-bond donors (Lipinski definition) is 2. The fourth-order valence-electron chi connectivity index (χ4n) is 3.30. The first kappa shape index (κ1) is 23.2. The summed E-state index contributed by atoms with van der Waals surface area (Å²) in [5.41, 5.74) is 0. The first-order valence-electron chi connectivity index (χ1n) is 10.4. The molecule has 1 aromatic heterocycles. The molecule has 5 nitrogen and oxygen atoms in total. The number of hydrogen-bond acceptors (Lipinski definition) is 4. The maximum absolute atomic E-state index is 12.2. The zero-order valence-electron chi connectivity index (χ0n) is 17.3. The van der Waals surface area contributed by atoms with Gasteiger partial charge in [-0.3, -0.25) is 4.79 Å². The lowest BCUT2D eigenvalue weighted by atomic mass is 10.00. The molecular weight excluding hydrogens is 386 g/mol. The highest BCUT2D eigenvalue weighted by Crippen LogP contribution is 2.23. The first-order chi connectivity index (χ1) is 13.9. The molecule has 1 aliphatic heterocycles. The van der Waals surface area contributed by atoms with Crippen LogP contribution in [0.15, 0.2) is 24.3 Å². The Hall–Kier alpha value is -2.10. The number of aromatic carboxylic acids is 1. The van der Waals surface area contributed by atoms with Crippen molar-refractivity contribution in [2.75, 3.05) is 6.54 Å². The minimum Gasteiger partial charge on any atom is -0.477 e. The second-order valence-corrected chi connectivity index (χ2v) is 8.70. The molecule has 3 atom stereocenters. The molecule has 1 saturated heterocycles. The molecule has 2 heterocycles. The Kier molecular flexibility index (Phi) is 9.43. The van der Waals surface area contributed by atoms with Gasteiger partial charge in [0, 0.05) is 30.7 Å². The summed E-state index contributed by atoms with van der Waals surface area (Å²) < 4.78 is 0. The van der Waals surface area contributed by atoms with Gasteiger partial charge in [-0.25, -0.2) is 4.79 Å². The maximum Gasteiger partial charge on any atom is 0.345 e. The van der Waals surface area contributed by atoms with Crippen LogP contribution in [0, 0.1) is 17.8 Å². The Balaban J connectivity index is 1.83. The number of aliphatic hydroxyl groups excluding tert-OH is 1. The van der Waals surface area contributed by atoms with E-state index in [0.29, 0.717) is 24.3 Å². The van der Waals surface area contributed by atoms with Gasteiger partial charge in [0.1, 0.15) is 4.88 Å². The van der Waals surface area contributed by atoms with Crippen molar-refractivity contribution in [3.05, 3.63) is 34.0 Å². The average molecular weight is 418 g/mol. The molecule has 0 spiro atoms. The third kappa shape index (κ3) is 7.34. The summed E-state index contributed by atoms with van der Waals surface area (Å²) in [5, 5.41) is 19.4. The van der Waals surface area contributed by atoms with Gasteiger partial charge in [0.2, 0.25) is 5.91 Å². The van der Waals surface area contributed by atoms with Gasteiger partial charge in [0.25, 0.3) is 0 Å². The van der Waals surface area contributed by atoms with Crippen LogP contribution in [0.4, 0.5) is 0 Å². The van der Waals surface area contributed by atoms with E-state index in [0.717, 1.165) is 37.0 Å². The topological polar surface area (TPSA) is 77.8 Å². The van der Waals surface area contributed by atoms with E-state index in [9.17, 15) is 14.7 Å². The largest absolute Gasteiger partial charge is 0.477 e. The molecule has 2 rings (SSSR count). The van der Waals surface area contributed by atoms with Crippen LogP contribution in [-0.2, 0) is 11.2 Å². The van der Waals surface area contributed by atoms with Crippen molar-refractivity contribution in [2.45, 2.75) is 70.9 Å². The van der Waals surface area contributed by atoms with E-state index in [1.807, 2.05) is 24.0 Å². The van der Waals surface area contributed by atoms with Gasteiger partial charge in [0.15, 0.2) is 0 Å². The smallest absolute Gasteiger partial charge is 0.345 e. The molecule has 6 heteroatoms. The summed E-state index contributed by atoms with van der Waals surface area (Å²) in [6, 6.07) is 3.50. The number of amides is 1. The number of carboxylic acid groups (broad SMARTS) is 1. The fourth-order valence-corrected chi connectivity index (χ4v) is 4.18. The summed E-state index contributed by atoms with van der Waals surface area (Å²) in [5.74, 6) is 5.53. The molecule has 1 amide bonds. The Morgan fingerprint density at radius 3 is 2.90 bits per heavy atom. The van der Waals surface area contributed by atoms with E-state index in [4.69, 9.17) is 5.11 Å². The number of likely N-dealkylation sites (tertiary alicyclic amines) is 1. The molecule has 29 heavy (non-hydrogen) atoms. The Morgan fingerprint density at radius 1 is 1.41 bits per heavy atom. The lowest BCUT2D eigenvalue weighted by Crippen LogP contribution is -2.33. The molecule has 2 N–H and O–H groups in total. The van der Waals surface area contributed by atoms with E-state index in [2.05, 4.69) is 18.8 Å². The Bertz CT molecular complexity index is 773. The molecule has 0 aromatic carbocycles. The summed E-state index contributed by atoms with van der Waals surface area (Å²) in [6.45, 7) is 4.72. The molecule has 0 radical (unpaired) electrons. The fraction of sp³-hybridized carbons (Fsp3) is 0.565. The van der Waals surface area contributed by atoms with Crippen LogP contribution in [0.25, 0.3) is 0 Å². The van der Waals surface area contributed by atoms with Crippen LogP contribution >= 0.6 is 11.3 Å². The van der Waals surface area contributed by atoms with Crippen LogP contribution in [0.1, 0.15) is 66.9 Å². The van der Waals surface area contributed by atoms with E-state index in [-0.39, 0.29) is 17.9 Å². The zero-order chi connectivity index (χ0) is 21.2. The van der Waals surface area contributed by atoms with E-state index in [1.54, 1.807) is 12.1 Å². The van der Waals surface area contributed by atoms with Gasteiger partial charge >= 0.3 is 5.97 Å². The van der Waals surface area contributed by atoms with Gasteiger partial charge in [-0.15, -0.1) is 23.2 Å². The summed E-state index contributed by atoms with van der Waals surface area (Å²) in [6.07, 6.45) is 8.65. The van der Waals surface area contributed by atoms with E-state index in [1.165, 1.54) is 11.3 Å². The molecule has 0 aliphatic carbocycles. The van der Waals surface area contributed by atoms with Crippen LogP contribution in [-0.4, -0.2) is 45.7 Å². The van der Waals surface area contributed by atoms with Crippen LogP contribution in [0.5, 0.6) is 0 Å². The van der Waals surface area contributed by atoms with E-state index < -0.39 is 12.1 Å². The monoisotopic (exact) mass is 417 g/mol. The molecule has 158 valence electrons. The van der Waals surface area contributed by atoms with Gasteiger partial charge in [-0.2, -0.15) is 0 Å². The lowest BCUT2D eigenvalue weighted by Gasteiger charge is -2.23. The van der Waals surface area contributed by atoms with Crippen molar-refractivity contribution in [3.8, 4) is 11.8 Å². The second-order valence-electron chi connectivity index (χ2n) is 7.53. The SMILES string of the molecule is CCCC#CC[C@H](C)[C@@H](O)C=C[C@H]1CCC(=O)N1CCCc1ccc(C(=O)O)s1. The van der Waals surface area contributed by atoms with Crippen molar-refractivity contribution in [2.24, 2.45) is 5.92 Å². The molecule has 1 aliphatic rings. The second kappa shape index (κ2) is 11.8. The minimum absolute atomic E-state index is 0.0217. The molecule has 0 bridgehead atoms. The number of aliphatic hydroxyl groups is 1. The number of rotatable bonds is 10. The van der Waals surface area contributed by atoms with Gasteiger partial charge in [-0.05, 0) is 43.7 Å². The number of unbranched alkanes of at least 4 members (excludes halogenated alkanes) is 1. The quantitative estimate of drug-likeness (QED) is 0.443. The van der Waals surface area contributed by atoms with Crippen molar-refractivity contribution >= 4 is 23.2 Å². The highest BCUT2D eigenvalue weighted by molar-refractivity contribution is 7.13. The number of nitrogens with zero attached hydrogens (tertiary/aromatic N) is 1. The average Bonchev–Trinajstić information content (AvgIpc) is 3.31. The number of aryl methyl sites for hydroxylation is 1. The van der Waals surface area contributed by atoms with Crippen LogP contribution < -0.4 is 0 Å². The van der Waals surface area contributed by atoms with Crippen LogP contribution in [0.3, 0.4) is 0 Å². The predicted octanol–water partition coefficient (Wildman–Crippen LogP) is 4.12. The van der Waals surface area contributed by atoms with Crippen molar-refractivity contribution in [1.82, 2.24) is 4.90 Å². The van der Waals surface area contributed by atoms with Crippen molar-refractivity contribution < 1.29 is 19.8 Å². The van der Waals surface area contributed by atoms with Crippen molar-refractivity contribution in [3.63, 3.8) is 0 Å². The predicted molar refractivity (Wildman–Crippen MR) is 116 cm³/mol. The molecule has 0 unspecified atom stereocenters. The maximum atomic E-state index is 12.2. The number of carboxylic acids is 1. The third-order valence-electron chi connectivity index (χ3n) is 5.11. The van der Waals surface area contributed by atoms with Gasteiger partial charge in [-0.1, -0.05) is 26.0 Å². The van der Waals surface area contributed by atoms with Gasteiger partial charge < -0.3 is 15.1 Å². The number of thiophene rings is 1. The number of carbonyl (C=O) groups excluding carboxylic acids is 1. The molecular formula is C23H31NO4S. The highest BCUT2D eigenvalue weighted by Gasteiger charge is 2.28. The Morgan fingerprint density at radius 2 is 2.21 bits per heavy atom. The normalized spacial score (nSPS) is 18.7. The molecule has 1 aromatic rings. The molecule has 0 saturated carbocycles. The first-order valence-corrected chi connectivity index (χ1v) is 11.2. The number of carbonyl (C=O) groups is 2. The molecule has 1 fully saturated rings. The minimum atomic E-state index is -0.898. The standard InChI is InChI=1S/C23H31NO4S/c1-3-4-5-6-8-17(2)20(25)13-10-18-11-15-22(26)24(18)16-7-9-19-12-14-21(29-19)23(27)28/h10,12-14,17-18,20,25H,3-4,7-9,11,15-16H2,1-2H3,(H,27,28)/t17-,18-,20-/m0/s1. The Labute approximate surface area is 177 Å². The van der Waals surface area contributed by atoms with Crippen LogP contribution in [0.2, 0.25) is 0 Å².